The third-order valence-corrected chi connectivity index (χ3v) is 2.77. The molecule has 88 valence electrons. The summed E-state index contributed by atoms with van der Waals surface area (Å²) in [7, 11) is 0. The molecule has 1 aromatic heterocycles. The van der Waals surface area contributed by atoms with Crippen LogP contribution in [0.4, 0.5) is 0 Å². The van der Waals surface area contributed by atoms with Crippen molar-refractivity contribution in [2.45, 2.75) is 13.5 Å². The molecule has 0 bridgehead atoms. The van der Waals surface area contributed by atoms with Crippen molar-refractivity contribution in [2.24, 2.45) is 0 Å². The molecule has 3 nitrogen and oxygen atoms in total. The fraction of sp³-hybridized carbons (Fsp3) is 0.154. The summed E-state index contributed by atoms with van der Waals surface area (Å²) in [5, 5.41) is 0. The predicted octanol–water partition coefficient (Wildman–Crippen LogP) is 3.29. The van der Waals surface area contributed by atoms with E-state index in [1.54, 1.807) is 6.92 Å². The minimum absolute atomic E-state index is 0.161. The minimum atomic E-state index is -0.161. The van der Waals surface area contributed by atoms with Gasteiger partial charge in [0.05, 0.1) is 0 Å². The van der Waals surface area contributed by atoms with E-state index in [0.29, 0.717) is 12.4 Å². The Morgan fingerprint density at radius 2 is 2.00 bits per heavy atom. The van der Waals surface area contributed by atoms with Gasteiger partial charge in [-0.05, 0) is 24.6 Å². The Hall–Kier alpha value is -1.55. The maximum absolute atomic E-state index is 11.5. The molecule has 2 rings (SSSR count). The predicted molar refractivity (Wildman–Crippen MR) is 68.2 cm³/mol. The number of ether oxygens (including phenoxy) is 1. The quantitative estimate of drug-likeness (QED) is 0.872. The highest BCUT2D eigenvalue weighted by Gasteiger charge is 2.02. The maximum Gasteiger partial charge on any atom is 0.226 e. The Bertz CT molecular complexity index is 558. The molecular formula is C13H11BrO3. The van der Waals surface area contributed by atoms with E-state index < -0.39 is 0 Å². The first-order valence-electron chi connectivity index (χ1n) is 5.12. The second-order valence-corrected chi connectivity index (χ2v) is 4.55. The van der Waals surface area contributed by atoms with Crippen LogP contribution in [-0.4, -0.2) is 0 Å². The van der Waals surface area contributed by atoms with Crippen molar-refractivity contribution in [2.75, 3.05) is 0 Å². The van der Waals surface area contributed by atoms with Crippen molar-refractivity contribution in [1.82, 2.24) is 0 Å². The number of hydrogen-bond donors (Lipinski definition) is 0. The third kappa shape index (κ3) is 3.20. The SMILES string of the molecule is Cc1cc(=O)c(OCc2ccc(Br)cc2)co1. The number of aryl methyl sites for hydroxylation is 1. The largest absolute Gasteiger partial charge is 0.482 e. The fourth-order valence-corrected chi connectivity index (χ4v) is 1.61. The van der Waals surface area contributed by atoms with Crippen LogP contribution in [0.2, 0.25) is 0 Å². The summed E-state index contributed by atoms with van der Waals surface area (Å²) in [6, 6.07) is 9.13. The van der Waals surface area contributed by atoms with Gasteiger partial charge in [0.2, 0.25) is 11.2 Å². The van der Waals surface area contributed by atoms with Gasteiger partial charge in [-0.3, -0.25) is 4.79 Å². The lowest BCUT2D eigenvalue weighted by molar-refractivity contribution is 0.290. The van der Waals surface area contributed by atoms with E-state index in [1.807, 2.05) is 24.3 Å². The second kappa shape index (κ2) is 5.19. The summed E-state index contributed by atoms with van der Waals surface area (Å²) >= 11 is 3.36. The van der Waals surface area contributed by atoms with Gasteiger partial charge in [-0.25, -0.2) is 0 Å². The van der Waals surface area contributed by atoms with Crippen molar-refractivity contribution in [1.29, 1.82) is 0 Å². The molecule has 4 heteroatoms. The van der Waals surface area contributed by atoms with Crippen LogP contribution in [0, 0.1) is 6.92 Å². The molecule has 0 aliphatic heterocycles. The van der Waals surface area contributed by atoms with E-state index in [9.17, 15) is 4.79 Å². The highest BCUT2D eigenvalue weighted by molar-refractivity contribution is 9.10. The van der Waals surface area contributed by atoms with Crippen LogP contribution in [0.15, 0.2) is 50.3 Å². The molecule has 1 aromatic carbocycles. The van der Waals surface area contributed by atoms with Crippen LogP contribution < -0.4 is 10.2 Å². The minimum Gasteiger partial charge on any atom is -0.482 e. The van der Waals surface area contributed by atoms with Crippen LogP contribution in [0.3, 0.4) is 0 Å². The Labute approximate surface area is 107 Å². The molecule has 0 fully saturated rings. The van der Waals surface area contributed by atoms with Crippen LogP contribution in [0.5, 0.6) is 5.75 Å². The summed E-state index contributed by atoms with van der Waals surface area (Å²) < 4.78 is 11.5. The summed E-state index contributed by atoms with van der Waals surface area (Å²) in [5.41, 5.74) is 0.832. The number of halogens is 1. The van der Waals surface area contributed by atoms with Gasteiger partial charge in [0, 0.05) is 10.5 Å². The zero-order valence-electron chi connectivity index (χ0n) is 9.27. The second-order valence-electron chi connectivity index (χ2n) is 3.63. The molecular weight excluding hydrogens is 284 g/mol. The molecule has 2 aromatic rings. The van der Waals surface area contributed by atoms with E-state index in [1.165, 1.54) is 12.3 Å². The van der Waals surface area contributed by atoms with Crippen LogP contribution in [-0.2, 0) is 6.61 Å². The Kier molecular flexibility index (Phi) is 3.64. The van der Waals surface area contributed by atoms with Crippen LogP contribution >= 0.6 is 15.9 Å². The zero-order chi connectivity index (χ0) is 12.3. The fourth-order valence-electron chi connectivity index (χ4n) is 1.34. The highest BCUT2D eigenvalue weighted by Crippen LogP contribution is 2.12. The van der Waals surface area contributed by atoms with Crippen molar-refractivity contribution in [3.8, 4) is 5.75 Å². The third-order valence-electron chi connectivity index (χ3n) is 2.24. The van der Waals surface area contributed by atoms with Gasteiger partial charge in [0.15, 0.2) is 0 Å². The first kappa shape index (κ1) is 11.9. The van der Waals surface area contributed by atoms with Gasteiger partial charge in [-0.1, -0.05) is 28.1 Å². The highest BCUT2D eigenvalue weighted by atomic mass is 79.9. The van der Waals surface area contributed by atoms with Gasteiger partial charge < -0.3 is 9.15 Å². The molecule has 0 saturated carbocycles. The number of benzene rings is 1. The zero-order valence-corrected chi connectivity index (χ0v) is 10.9. The molecule has 1 heterocycles. The topological polar surface area (TPSA) is 39.4 Å². The van der Waals surface area contributed by atoms with E-state index in [-0.39, 0.29) is 11.2 Å². The Morgan fingerprint density at radius 3 is 2.65 bits per heavy atom. The van der Waals surface area contributed by atoms with Crippen molar-refractivity contribution in [3.63, 3.8) is 0 Å². The Morgan fingerprint density at radius 1 is 1.29 bits per heavy atom. The summed E-state index contributed by atoms with van der Waals surface area (Å²) in [4.78, 5) is 11.5. The van der Waals surface area contributed by atoms with Gasteiger partial charge in [-0.15, -0.1) is 0 Å². The molecule has 0 radical (unpaired) electrons. The van der Waals surface area contributed by atoms with Gasteiger partial charge in [0.1, 0.15) is 18.6 Å². The first-order chi connectivity index (χ1) is 8.15. The van der Waals surface area contributed by atoms with Crippen molar-refractivity contribution in [3.05, 3.63) is 62.6 Å². The van der Waals surface area contributed by atoms with E-state index >= 15 is 0 Å². The standard InChI is InChI=1S/C13H11BrO3/c1-9-6-12(15)13(8-16-9)17-7-10-2-4-11(14)5-3-10/h2-6,8H,7H2,1H3. The van der Waals surface area contributed by atoms with Crippen molar-refractivity contribution >= 4 is 15.9 Å². The summed E-state index contributed by atoms with van der Waals surface area (Å²) in [6.07, 6.45) is 1.34. The first-order valence-corrected chi connectivity index (χ1v) is 5.91. The van der Waals surface area contributed by atoms with Gasteiger partial charge in [0.25, 0.3) is 0 Å². The average Bonchev–Trinajstić information content (AvgIpc) is 2.30. The maximum atomic E-state index is 11.5. The average molecular weight is 295 g/mol. The molecule has 0 amide bonds. The lowest BCUT2D eigenvalue weighted by Crippen LogP contribution is -2.06. The molecule has 0 aliphatic rings. The van der Waals surface area contributed by atoms with E-state index in [2.05, 4.69) is 15.9 Å². The molecule has 0 aliphatic carbocycles. The molecule has 0 saturated heterocycles. The van der Waals surface area contributed by atoms with Gasteiger partial charge in [-0.2, -0.15) is 0 Å². The molecule has 0 spiro atoms. The normalized spacial score (nSPS) is 10.2. The lowest BCUT2D eigenvalue weighted by atomic mass is 10.2. The van der Waals surface area contributed by atoms with E-state index in [0.717, 1.165) is 10.0 Å². The van der Waals surface area contributed by atoms with Gasteiger partial charge >= 0.3 is 0 Å². The van der Waals surface area contributed by atoms with Crippen LogP contribution in [0.25, 0.3) is 0 Å². The number of rotatable bonds is 3. The molecule has 17 heavy (non-hydrogen) atoms. The summed E-state index contributed by atoms with van der Waals surface area (Å²) in [5.74, 6) is 0.810. The van der Waals surface area contributed by atoms with Crippen molar-refractivity contribution < 1.29 is 9.15 Å². The van der Waals surface area contributed by atoms with Crippen LogP contribution in [0.1, 0.15) is 11.3 Å². The van der Waals surface area contributed by atoms with E-state index in [4.69, 9.17) is 9.15 Å². The lowest BCUT2D eigenvalue weighted by Gasteiger charge is -2.05. The molecule has 0 unspecified atom stereocenters. The molecule has 0 N–H and O–H groups in total. The summed E-state index contributed by atoms with van der Waals surface area (Å²) in [6.45, 7) is 2.07. The Balaban J connectivity index is 2.07. The molecule has 0 atom stereocenters. The smallest absolute Gasteiger partial charge is 0.226 e. The monoisotopic (exact) mass is 294 g/mol. The number of hydrogen-bond acceptors (Lipinski definition) is 3.